The number of nitrogens with zero attached hydrogens (tertiary/aromatic N) is 1. The molecule has 0 aliphatic rings. The molecule has 5 nitrogen and oxygen atoms in total. The van der Waals surface area contributed by atoms with Gasteiger partial charge < -0.3 is 20.2 Å². The van der Waals surface area contributed by atoms with E-state index in [1.165, 1.54) is 12.1 Å². The third-order valence-electron chi connectivity index (χ3n) is 3.12. The molecule has 3 rings (SSSR count). The average molecular weight is 313 g/mol. The summed E-state index contributed by atoms with van der Waals surface area (Å²) >= 11 is 0. The second-order valence-electron chi connectivity index (χ2n) is 5.06. The van der Waals surface area contributed by atoms with E-state index in [1.807, 2.05) is 24.3 Å². The van der Waals surface area contributed by atoms with Crippen molar-refractivity contribution in [2.24, 2.45) is 0 Å². The Morgan fingerprint density at radius 1 is 1.13 bits per heavy atom. The van der Waals surface area contributed by atoms with Crippen molar-refractivity contribution in [1.82, 2.24) is 4.98 Å². The molecular weight excluding hydrogens is 297 g/mol. The maximum Gasteiger partial charge on any atom is 0.299 e. The Bertz CT molecular complexity index is 785. The summed E-state index contributed by atoms with van der Waals surface area (Å²) in [7, 11) is 0. The molecular formula is C17H16FN3O2. The molecule has 1 unspecified atom stereocenters. The van der Waals surface area contributed by atoms with E-state index in [1.54, 1.807) is 25.3 Å². The maximum absolute atomic E-state index is 12.9. The van der Waals surface area contributed by atoms with Crippen LogP contribution >= 0.6 is 0 Å². The SMILES string of the molecule is CC(O)Nc1cccc(-c2cnc(Nc3ccc(F)cc3)o2)c1. The first-order valence-corrected chi connectivity index (χ1v) is 7.13. The highest BCUT2D eigenvalue weighted by molar-refractivity contribution is 5.64. The first-order valence-electron chi connectivity index (χ1n) is 7.13. The average Bonchev–Trinajstić information content (AvgIpc) is 2.98. The van der Waals surface area contributed by atoms with Gasteiger partial charge in [0.05, 0.1) is 6.20 Å². The molecule has 23 heavy (non-hydrogen) atoms. The molecule has 118 valence electrons. The van der Waals surface area contributed by atoms with Crippen molar-refractivity contribution in [3.63, 3.8) is 0 Å². The lowest BCUT2D eigenvalue weighted by Gasteiger charge is -2.09. The zero-order valence-corrected chi connectivity index (χ0v) is 12.5. The highest BCUT2D eigenvalue weighted by atomic mass is 19.1. The van der Waals surface area contributed by atoms with Crippen molar-refractivity contribution in [2.75, 3.05) is 10.6 Å². The molecule has 3 aromatic rings. The smallest absolute Gasteiger partial charge is 0.299 e. The number of aromatic nitrogens is 1. The molecule has 1 heterocycles. The van der Waals surface area contributed by atoms with Gasteiger partial charge in [0.1, 0.15) is 12.0 Å². The fraction of sp³-hybridized carbons (Fsp3) is 0.118. The fourth-order valence-corrected chi connectivity index (χ4v) is 2.13. The van der Waals surface area contributed by atoms with Crippen LogP contribution in [0.2, 0.25) is 0 Å². The van der Waals surface area contributed by atoms with Gasteiger partial charge in [-0.2, -0.15) is 0 Å². The normalized spacial score (nSPS) is 12.0. The number of hydrogen-bond donors (Lipinski definition) is 3. The van der Waals surface area contributed by atoms with Crippen molar-refractivity contribution in [3.8, 4) is 11.3 Å². The molecule has 0 aliphatic heterocycles. The first-order chi connectivity index (χ1) is 11.1. The quantitative estimate of drug-likeness (QED) is 0.622. The summed E-state index contributed by atoms with van der Waals surface area (Å²) in [6.45, 7) is 1.64. The maximum atomic E-state index is 12.9. The monoisotopic (exact) mass is 313 g/mol. The number of hydrogen-bond acceptors (Lipinski definition) is 5. The summed E-state index contributed by atoms with van der Waals surface area (Å²) in [5.74, 6) is 0.287. The van der Waals surface area contributed by atoms with Gasteiger partial charge >= 0.3 is 0 Å². The van der Waals surface area contributed by atoms with Crippen molar-refractivity contribution >= 4 is 17.4 Å². The Balaban J connectivity index is 1.77. The minimum absolute atomic E-state index is 0.300. The van der Waals surface area contributed by atoms with Gasteiger partial charge in [0.2, 0.25) is 0 Å². The Morgan fingerprint density at radius 2 is 1.91 bits per heavy atom. The number of aliphatic hydroxyl groups is 1. The third-order valence-corrected chi connectivity index (χ3v) is 3.12. The number of benzene rings is 2. The van der Waals surface area contributed by atoms with Crippen molar-refractivity contribution in [1.29, 1.82) is 0 Å². The first kappa shape index (κ1) is 15.1. The molecule has 0 saturated heterocycles. The van der Waals surface area contributed by atoms with E-state index in [9.17, 15) is 9.50 Å². The number of nitrogens with one attached hydrogen (secondary N) is 2. The minimum Gasteiger partial charge on any atom is -0.423 e. The highest BCUT2D eigenvalue weighted by Gasteiger charge is 2.08. The van der Waals surface area contributed by atoms with Crippen LogP contribution < -0.4 is 10.6 Å². The van der Waals surface area contributed by atoms with Gasteiger partial charge in [-0.1, -0.05) is 12.1 Å². The number of oxazole rings is 1. The Morgan fingerprint density at radius 3 is 2.65 bits per heavy atom. The van der Waals surface area contributed by atoms with E-state index in [0.717, 1.165) is 11.3 Å². The molecule has 0 fully saturated rings. The molecule has 0 aliphatic carbocycles. The van der Waals surface area contributed by atoms with E-state index in [2.05, 4.69) is 15.6 Å². The van der Waals surface area contributed by atoms with Crippen LogP contribution in [0.25, 0.3) is 11.3 Å². The largest absolute Gasteiger partial charge is 0.423 e. The molecule has 0 amide bonds. The predicted molar refractivity (Wildman–Crippen MR) is 86.9 cm³/mol. The molecule has 3 N–H and O–H groups in total. The molecule has 0 radical (unpaired) electrons. The zero-order valence-electron chi connectivity index (χ0n) is 12.5. The summed E-state index contributed by atoms with van der Waals surface area (Å²) in [6.07, 6.45) is 0.962. The molecule has 6 heteroatoms. The molecule has 0 saturated carbocycles. The summed E-state index contributed by atoms with van der Waals surface area (Å²) in [5, 5.41) is 15.2. The molecule has 1 aromatic heterocycles. The Hall–Kier alpha value is -2.86. The minimum atomic E-state index is -0.643. The van der Waals surface area contributed by atoms with E-state index in [4.69, 9.17) is 4.42 Å². The van der Waals surface area contributed by atoms with Gasteiger partial charge in [-0.05, 0) is 43.3 Å². The molecule has 2 aromatic carbocycles. The van der Waals surface area contributed by atoms with Gasteiger partial charge in [-0.25, -0.2) is 9.37 Å². The lowest BCUT2D eigenvalue weighted by molar-refractivity contribution is 0.224. The van der Waals surface area contributed by atoms with Crippen LogP contribution in [0.5, 0.6) is 0 Å². The topological polar surface area (TPSA) is 70.3 Å². The highest BCUT2D eigenvalue weighted by Crippen LogP contribution is 2.26. The molecule has 1 atom stereocenters. The Kier molecular flexibility index (Phi) is 4.25. The van der Waals surface area contributed by atoms with Gasteiger partial charge in [-0.15, -0.1) is 0 Å². The van der Waals surface area contributed by atoms with Crippen LogP contribution in [0, 0.1) is 5.82 Å². The number of rotatable bonds is 5. The number of aliphatic hydroxyl groups excluding tert-OH is 1. The van der Waals surface area contributed by atoms with Gasteiger partial charge in [0.15, 0.2) is 5.76 Å². The lowest BCUT2D eigenvalue weighted by atomic mass is 10.1. The van der Waals surface area contributed by atoms with E-state index >= 15 is 0 Å². The van der Waals surface area contributed by atoms with Crippen molar-refractivity contribution in [3.05, 3.63) is 60.5 Å². The number of halogens is 1. The second kappa shape index (κ2) is 6.50. The van der Waals surface area contributed by atoms with Crippen molar-refractivity contribution < 1.29 is 13.9 Å². The summed E-state index contributed by atoms with van der Waals surface area (Å²) < 4.78 is 18.5. The van der Waals surface area contributed by atoms with Crippen LogP contribution in [0.4, 0.5) is 21.8 Å². The van der Waals surface area contributed by atoms with E-state index in [0.29, 0.717) is 17.5 Å². The lowest BCUT2D eigenvalue weighted by Crippen LogP contribution is -2.12. The summed E-state index contributed by atoms with van der Waals surface area (Å²) in [4.78, 5) is 4.16. The van der Waals surface area contributed by atoms with Gasteiger partial charge in [0, 0.05) is 16.9 Å². The Labute approximate surface area is 132 Å². The van der Waals surface area contributed by atoms with Crippen LogP contribution in [-0.2, 0) is 0 Å². The fourth-order valence-electron chi connectivity index (χ4n) is 2.13. The van der Waals surface area contributed by atoms with Crippen molar-refractivity contribution in [2.45, 2.75) is 13.2 Å². The second-order valence-corrected chi connectivity index (χ2v) is 5.06. The standard InChI is InChI=1S/C17H16FN3O2/c1-11(22)20-15-4-2-3-12(9-15)16-10-19-17(23-16)21-14-7-5-13(18)6-8-14/h2-11,20,22H,1H3,(H,19,21). The number of anilines is 3. The van der Waals surface area contributed by atoms with Gasteiger partial charge in [0.25, 0.3) is 6.01 Å². The zero-order chi connectivity index (χ0) is 16.2. The van der Waals surface area contributed by atoms with Crippen LogP contribution in [0.1, 0.15) is 6.92 Å². The van der Waals surface area contributed by atoms with Crippen LogP contribution in [0.15, 0.2) is 59.1 Å². The molecule has 0 bridgehead atoms. The van der Waals surface area contributed by atoms with Crippen LogP contribution in [-0.4, -0.2) is 16.3 Å². The molecule has 0 spiro atoms. The third kappa shape index (κ3) is 3.87. The summed E-state index contributed by atoms with van der Waals surface area (Å²) in [5.41, 5.74) is 2.29. The van der Waals surface area contributed by atoms with Crippen LogP contribution in [0.3, 0.4) is 0 Å². The van der Waals surface area contributed by atoms with E-state index in [-0.39, 0.29) is 5.82 Å². The predicted octanol–water partition coefficient (Wildman–Crippen LogP) is 3.97. The van der Waals surface area contributed by atoms with Gasteiger partial charge in [-0.3, -0.25) is 0 Å². The van der Waals surface area contributed by atoms with E-state index < -0.39 is 6.23 Å². The summed E-state index contributed by atoms with van der Waals surface area (Å²) in [6, 6.07) is 13.7.